The van der Waals surface area contributed by atoms with Gasteiger partial charge in [0.15, 0.2) is 0 Å². The van der Waals surface area contributed by atoms with E-state index < -0.39 is 0 Å². The Hall–Kier alpha value is -1.00. The molecule has 1 aromatic heterocycles. The molecule has 2 atom stereocenters. The molecule has 0 saturated heterocycles. The van der Waals surface area contributed by atoms with E-state index in [0.717, 1.165) is 18.5 Å². The molecule has 0 aliphatic heterocycles. The van der Waals surface area contributed by atoms with Crippen LogP contribution < -0.4 is 5.32 Å². The highest BCUT2D eigenvalue weighted by atomic mass is 16.5. The Morgan fingerprint density at radius 2 is 1.84 bits per heavy atom. The largest absolute Gasteiger partial charge is 0.376 e. The van der Waals surface area contributed by atoms with Gasteiger partial charge in [-0.1, -0.05) is 27.7 Å². The van der Waals surface area contributed by atoms with Crippen LogP contribution in [-0.2, 0) is 4.74 Å². The molecule has 108 valence electrons. The van der Waals surface area contributed by atoms with Crippen LogP contribution in [0.25, 0.3) is 0 Å². The lowest BCUT2D eigenvalue weighted by Crippen LogP contribution is -2.42. The minimum absolute atomic E-state index is 0.0528. The van der Waals surface area contributed by atoms with Crippen LogP contribution in [0.2, 0.25) is 0 Å². The van der Waals surface area contributed by atoms with Crippen molar-refractivity contribution in [3.8, 4) is 0 Å². The number of nitrogens with zero attached hydrogens (tertiary/aromatic N) is 2. The molecule has 0 spiro atoms. The van der Waals surface area contributed by atoms with E-state index in [9.17, 15) is 0 Å². The molecular formula is C15H27N3O. The second-order valence-electron chi connectivity index (χ2n) is 5.85. The van der Waals surface area contributed by atoms with Gasteiger partial charge in [-0.25, -0.2) is 9.97 Å². The molecule has 0 aliphatic carbocycles. The third-order valence-electron chi connectivity index (χ3n) is 3.06. The maximum atomic E-state index is 6.00. The smallest absolute Gasteiger partial charge is 0.115 e. The molecule has 0 bridgehead atoms. The molecule has 0 saturated carbocycles. The van der Waals surface area contributed by atoms with Gasteiger partial charge in [0.25, 0.3) is 0 Å². The normalized spacial score (nSPS) is 15.2. The number of rotatable bonds is 7. The summed E-state index contributed by atoms with van der Waals surface area (Å²) < 4.78 is 6.00. The van der Waals surface area contributed by atoms with Crippen molar-refractivity contribution < 1.29 is 4.74 Å². The lowest BCUT2D eigenvalue weighted by Gasteiger charge is -2.37. The maximum absolute atomic E-state index is 6.00. The van der Waals surface area contributed by atoms with Crippen molar-refractivity contribution in [3.05, 3.63) is 24.3 Å². The zero-order chi connectivity index (χ0) is 14.3. The molecule has 0 fully saturated rings. The molecule has 1 rings (SSSR count). The summed E-state index contributed by atoms with van der Waals surface area (Å²) in [6.07, 6.45) is 6.49. The Kier molecular flexibility index (Phi) is 6.38. The van der Waals surface area contributed by atoms with Crippen LogP contribution >= 0.6 is 0 Å². The Morgan fingerprint density at radius 3 is 2.32 bits per heavy atom. The van der Waals surface area contributed by atoms with Crippen LogP contribution in [-0.4, -0.2) is 29.2 Å². The van der Waals surface area contributed by atoms with Crippen LogP contribution in [0.15, 0.2) is 18.7 Å². The molecule has 4 nitrogen and oxygen atoms in total. The highest BCUT2D eigenvalue weighted by molar-refractivity contribution is 5.13. The number of hydrogen-bond donors (Lipinski definition) is 1. The SMILES string of the molecule is CCCNC(c1cncnc1)C(OCC)C(C)(C)C. The molecule has 1 aromatic rings. The monoisotopic (exact) mass is 265 g/mol. The van der Waals surface area contributed by atoms with Gasteiger partial charge in [0, 0.05) is 24.6 Å². The van der Waals surface area contributed by atoms with Crippen LogP contribution in [0.3, 0.4) is 0 Å². The van der Waals surface area contributed by atoms with Crippen molar-refractivity contribution in [1.82, 2.24) is 15.3 Å². The van der Waals surface area contributed by atoms with Crippen molar-refractivity contribution >= 4 is 0 Å². The summed E-state index contributed by atoms with van der Waals surface area (Å²) in [5.74, 6) is 0. The standard InChI is InChI=1S/C15H27N3O/c1-6-8-18-13(12-9-16-11-17-10-12)14(19-7-2)15(3,4)5/h9-11,13-14,18H,6-8H2,1-5H3. The fraction of sp³-hybridized carbons (Fsp3) is 0.733. The van der Waals surface area contributed by atoms with E-state index in [1.54, 1.807) is 6.33 Å². The molecule has 1 heterocycles. The predicted octanol–water partition coefficient (Wildman–Crippen LogP) is 2.97. The first-order valence-electron chi connectivity index (χ1n) is 7.10. The third kappa shape index (κ3) is 4.88. The first kappa shape index (κ1) is 16.1. The van der Waals surface area contributed by atoms with Gasteiger partial charge in [0.2, 0.25) is 0 Å². The summed E-state index contributed by atoms with van der Waals surface area (Å²) in [6.45, 7) is 12.5. The van der Waals surface area contributed by atoms with E-state index in [0.29, 0.717) is 6.61 Å². The van der Waals surface area contributed by atoms with E-state index in [-0.39, 0.29) is 17.6 Å². The number of nitrogens with one attached hydrogen (secondary N) is 1. The molecule has 4 heteroatoms. The minimum Gasteiger partial charge on any atom is -0.376 e. The van der Waals surface area contributed by atoms with E-state index in [2.05, 4.69) is 43.0 Å². The van der Waals surface area contributed by atoms with Gasteiger partial charge in [-0.3, -0.25) is 0 Å². The molecule has 1 N–H and O–H groups in total. The van der Waals surface area contributed by atoms with Crippen molar-refractivity contribution in [2.45, 2.75) is 53.2 Å². The minimum atomic E-state index is 0.0528. The van der Waals surface area contributed by atoms with Gasteiger partial charge < -0.3 is 10.1 Å². The molecule has 0 amide bonds. The van der Waals surface area contributed by atoms with Crippen LogP contribution in [0.1, 0.15) is 52.6 Å². The molecule has 0 radical (unpaired) electrons. The Labute approximate surface area is 117 Å². The van der Waals surface area contributed by atoms with E-state index in [4.69, 9.17) is 4.74 Å². The molecule has 0 aromatic carbocycles. The number of ether oxygens (including phenoxy) is 1. The number of hydrogen-bond acceptors (Lipinski definition) is 4. The summed E-state index contributed by atoms with van der Waals surface area (Å²) >= 11 is 0. The summed E-state index contributed by atoms with van der Waals surface area (Å²) in [5, 5.41) is 3.57. The van der Waals surface area contributed by atoms with Crippen molar-refractivity contribution in [2.24, 2.45) is 5.41 Å². The highest BCUT2D eigenvalue weighted by Crippen LogP contribution is 2.32. The number of aromatic nitrogens is 2. The van der Waals surface area contributed by atoms with Gasteiger partial charge in [-0.2, -0.15) is 0 Å². The van der Waals surface area contributed by atoms with Gasteiger partial charge in [-0.05, 0) is 25.3 Å². The van der Waals surface area contributed by atoms with Crippen LogP contribution in [0, 0.1) is 5.41 Å². The highest BCUT2D eigenvalue weighted by Gasteiger charge is 2.33. The first-order chi connectivity index (χ1) is 9.00. The van der Waals surface area contributed by atoms with Gasteiger partial charge in [-0.15, -0.1) is 0 Å². The van der Waals surface area contributed by atoms with Crippen molar-refractivity contribution in [2.75, 3.05) is 13.2 Å². The predicted molar refractivity (Wildman–Crippen MR) is 77.9 cm³/mol. The second-order valence-corrected chi connectivity index (χ2v) is 5.85. The zero-order valence-corrected chi connectivity index (χ0v) is 12.8. The van der Waals surface area contributed by atoms with Gasteiger partial charge >= 0.3 is 0 Å². The Bertz CT molecular complexity index is 348. The summed E-state index contributed by atoms with van der Waals surface area (Å²) in [7, 11) is 0. The van der Waals surface area contributed by atoms with Gasteiger partial charge in [0.05, 0.1) is 12.1 Å². The Balaban J connectivity index is 2.99. The van der Waals surface area contributed by atoms with Gasteiger partial charge in [0.1, 0.15) is 6.33 Å². The van der Waals surface area contributed by atoms with E-state index >= 15 is 0 Å². The van der Waals surface area contributed by atoms with E-state index in [1.165, 1.54) is 0 Å². The van der Waals surface area contributed by atoms with Crippen molar-refractivity contribution in [3.63, 3.8) is 0 Å². The molecule has 0 aliphatic rings. The molecule has 2 unspecified atom stereocenters. The average Bonchev–Trinajstić information content (AvgIpc) is 2.38. The molecule has 19 heavy (non-hydrogen) atoms. The maximum Gasteiger partial charge on any atom is 0.115 e. The Morgan fingerprint density at radius 1 is 1.21 bits per heavy atom. The summed E-state index contributed by atoms with van der Waals surface area (Å²) in [6, 6.07) is 0.126. The average molecular weight is 265 g/mol. The first-order valence-corrected chi connectivity index (χ1v) is 7.10. The second kappa shape index (κ2) is 7.56. The fourth-order valence-electron chi connectivity index (χ4n) is 2.20. The fourth-order valence-corrected chi connectivity index (χ4v) is 2.20. The zero-order valence-electron chi connectivity index (χ0n) is 12.8. The summed E-state index contributed by atoms with van der Waals surface area (Å²) in [5.41, 5.74) is 1.14. The lowest BCUT2D eigenvalue weighted by atomic mass is 9.82. The molecular weight excluding hydrogens is 238 g/mol. The van der Waals surface area contributed by atoms with Crippen LogP contribution in [0.4, 0.5) is 0 Å². The van der Waals surface area contributed by atoms with Crippen LogP contribution in [0.5, 0.6) is 0 Å². The lowest BCUT2D eigenvalue weighted by molar-refractivity contribution is -0.0367. The van der Waals surface area contributed by atoms with Crippen molar-refractivity contribution in [1.29, 1.82) is 0 Å². The summed E-state index contributed by atoms with van der Waals surface area (Å²) in [4.78, 5) is 8.26. The van der Waals surface area contributed by atoms with E-state index in [1.807, 2.05) is 19.3 Å². The topological polar surface area (TPSA) is 47.0 Å². The third-order valence-corrected chi connectivity index (χ3v) is 3.06. The quantitative estimate of drug-likeness (QED) is 0.823.